The van der Waals surface area contributed by atoms with Crippen LogP contribution in [0.4, 0.5) is 4.39 Å². The number of halogens is 2. The molecule has 3 aromatic rings. The number of fused-ring (bicyclic) bond motifs is 1. The van der Waals surface area contributed by atoms with Gasteiger partial charge in [0, 0.05) is 32.0 Å². The molecule has 2 aromatic carbocycles. The van der Waals surface area contributed by atoms with Crippen LogP contribution in [-0.4, -0.2) is 42.6 Å². The molecule has 11 heteroatoms. The first kappa shape index (κ1) is 24.1. The van der Waals surface area contributed by atoms with Crippen molar-refractivity contribution in [3.63, 3.8) is 0 Å². The highest BCUT2D eigenvalue weighted by atomic mass is 35.5. The lowest BCUT2D eigenvalue weighted by molar-refractivity contribution is -0.124. The second kappa shape index (κ2) is 9.77. The molecule has 184 valence electrons. The molecule has 2 aliphatic rings. The summed E-state index contributed by atoms with van der Waals surface area (Å²) in [7, 11) is -3.69. The van der Waals surface area contributed by atoms with Gasteiger partial charge in [0.2, 0.25) is 5.91 Å². The Labute approximate surface area is 208 Å². The molecule has 1 amide bonds. The van der Waals surface area contributed by atoms with Crippen molar-refractivity contribution >= 4 is 27.9 Å². The van der Waals surface area contributed by atoms with Crippen molar-refractivity contribution in [3.8, 4) is 0 Å². The summed E-state index contributed by atoms with van der Waals surface area (Å²) >= 11 is 6.14. The van der Waals surface area contributed by atoms with Crippen molar-refractivity contribution in [3.05, 3.63) is 76.6 Å². The van der Waals surface area contributed by atoms with Crippen molar-refractivity contribution in [2.24, 2.45) is 0 Å². The highest BCUT2D eigenvalue weighted by molar-refractivity contribution is 7.95. The van der Waals surface area contributed by atoms with Gasteiger partial charge in [-0.05, 0) is 49.1 Å². The third-order valence-corrected chi connectivity index (χ3v) is 9.10. The fourth-order valence-corrected chi connectivity index (χ4v) is 6.79. The van der Waals surface area contributed by atoms with Crippen molar-refractivity contribution in [2.75, 3.05) is 13.1 Å². The van der Waals surface area contributed by atoms with Crippen LogP contribution in [0, 0.1) is 5.82 Å². The number of hydrogen-bond acceptors (Lipinski definition) is 5. The van der Waals surface area contributed by atoms with Gasteiger partial charge in [0.15, 0.2) is 15.3 Å². The van der Waals surface area contributed by atoms with E-state index in [9.17, 15) is 17.9 Å². The number of aryl methyl sites for hydroxylation is 1. The Morgan fingerprint density at radius 2 is 1.83 bits per heavy atom. The second-order valence-electron chi connectivity index (χ2n) is 8.85. The van der Waals surface area contributed by atoms with E-state index in [4.69, 9.17) is 11.6 Å². The number of sulfonamides is 1. The van der Waals surface area contributed by atoms with Gasteiger partial charge in [-0.1, -0.05) is 40.1 Å². The number of rotatable bonds is 6. The molecule has 0 spiro atoms. The number of benzene rings is 2. The number of nitrogens with zero attached hydrogens (tertiary/aromatic N) is 4. The minimum Gasteiger partial charge on any atom is -0.593 e. The predicted molar refractivity (Wildman–Crippen MR) is 128 cm³/mol. The van der Waals surface area contributed by atoms with Crippen LogP contribution in [0.3, 0.4) is 0 Å². The molecule has 1 aromatic heterocycles. The van der Waals surface area contributed by atoms with Gasteiger partial charge >= 0.3 is 0 Å². The van der Waals surface area contributed by atoms with Crippen LogP contribution in [0.5, 0.6) is 0 Å². The number of hydrogen-bond donors (Lipinski definition) is 1. The first-order chi connectivity index (χ1) is 16.8. The average molecular weight is 518 g/mol. The van der Waals surface area contributed by atoms with E-state index in [0.717, 1.165) is 17.2 Å². The largest absolute Gasteiger partial charge is 0.593 e. The van der Waals surface area contributed by atoms with E-state index >= 15 is 0 Å². The Balaban J connectivity index is 1.26. The molecule has 0 saturated carbocycles. The molecular weight excluding hydrogens is 493 g/mol. The molecule has 0 radical (unpaired) electrons. The molecule has 1 saturated heterocycles. The molecule has 8 nitrogen and oxygen atoms in total. The fraction of sp³-hybridized carbons (Fsp3) is 0.375. The Morgan fingerprint density at radius 3 is 2.54 bits per heavy atom. The lowest BCUT2D eigenvalue weighted by Crippen LogP contribution is -2.42. The zero-order valence-corrected chi connectivity index (χ0v) is 20.5. The van der Waals surface area contributed by atoms with Gasteiger partial charge in [0.25, 0.3) is 0 Å². The summed E-state index contributed by atoms with van der Waals surface area (Å²) in [5, 5.41) is 11.8. The van der Waals surface area contributed by atoms with Gasteiger partial charge in [-0.3, -0.25) is 4.79 Å². The molecule has 0 aliphatic carbocycles. The monoisotopic (exact) mass is 517 g/mol. The Bertz CT molecular complexity index is 1280. The molecule has 0 bridgehead atoms. The predicted octanol–water partition coefficient (Wildman–Crippen LogP) is 3.66. The molecule has 35 heavy (non-hydrogen) atoms. The van der Waals surface area contributed by atoms with Crippen molar-refractivity contribution < 1.29 is 17.9 Å². The Morgan fingerprint density at radius 1 is 1.11 bits per heavy atom. The van der Waals surface area contributed by atoms with Gasteiger partial charge in [0.05, 0.1) is 5.02 Å². The number of nitrogens with one attached hydrogen (secondary N) is 1. The zero-order valence-electron chi connectivity index (χ0n) is 18.9. The number of amides is 1. The minimum atomic E-state index is -3.69. The van der Waals surface area contributed by atoms with E-state index in [-0.39, 0.29) is 27.6 Å². The molecule has 1 fully saturated rings. The van der Waals surface area contributed by atoms with E-state index in [1.807, 2.05) is 4.57 Å². The summed E-state index contributed by atoms with van der Waals surface area (Å²) in [6, 6.07) is 12.1. The Hall–Kier alpha value is -2.66. The molecule has 3 heterocycles. The zero-order chi connectivity index (χ0) is 24.6. The third-order valence-electron chi connectivity index (χ3n) is 6.70. The first-order valence-corrected chi connectivity index (χ1v) is 13.4. The molecule has 5 rings (SSSR count). The van der Waals surface area contributed by atoms with Crippen molar-refractivity contribution in [2.45, 2.75) is 49.1 Å². The van der Waals surface area contributed by atoms with E-state index in [2.05, 4.69) is 15.5 Å². The normalized spacial score (nSPS) is 20.4. The number of carbonyl (C=O) groups excluding carboxylic acids is 1. The summed E-state index contributed by atoms with van der Waals surface area (Å²) in [5.74, 6) is 1.05. The summed E-state index contributed by atoms with van der Waals surface area (Å²) < 4.78 is 42.6. The first-order valence-electron chi connectivity index (χ1n) is 11.5. The molecule has 2 aliphatic heterocycles. The van der Waals surface area contributed by atoms with E-state index in [1.165, 1.54) is 22.5 Å². The lowest BCUT2D eigenvalue weighted by atomic mass is 9.97. The van der Waals surface area contributed by atoms with Gasteiger partial charge < -0.3 is 14.4 Å². The van der Waals surface area contributed by atoms with Crippen LogP contribution < -0.4 is 5.32 Å². The summed E-state index contributed by atoms with van der Waals surface area (Å²) in [4.78, 5) is 13.1. The highest BCUT2D eigenvalue weighted by Gasteiger charge is 2.39. The smallest absolute Gasteiger partial charge is 0.243 e. The van der Waals surface area contributed by atoms with Gasteiger partial charge in [-0.25, -0.2) is 4.39 Å². The number of aromatic nitrogens is 3. The van der Waals surface area contributed by atoms with Crippen LogP contribution in [0.1, 0.15) is 48.4 Å². The van der Waals surface area contributed by atoms with E-state index in [0.29, 0.717) is 45.3 Å². The molecule has 1 N–H and O–H groups in total. The maximum Gasteiger partial charge on any atom is 0.243 e. The van der Waals surface area contributed by atoms with Gasteiger partial charge in [-0.15, -0.1) is 14.5 Å². The van der Waals surface area contributed by atoms with Gasteiger partial charge in [-0.2, -0.15) is 0 Å². The molecule has 2 unspecified atom stereocenters. The quantitative estimate of drug-likeness (QED) is 0.503. The van der Waals surface area contributed by atoms with Crippen molar-refractivity contribution in [1.82, 2.24) is 24.4 Å². The van der Waals surface area contributed by atoms with Crippen molar-refractivity contribution in [1.29, 1.82) is 0 Å². The third kappa shape index (κ3) is 4.75. The lowest BCUT2D eigenvalue weighted by Gasteiger charge is -2.33. The topological polar surface area (TPSA) is 103 Å². The average Bonchev–Trinajstić information content (AvgIpc) is 3.46. The van der Waals surface area contributed by atoms with Crippen LogP contribution in [0.15, 0.2) is 53.4 Å². The Kier molecular flexibility index (Phi) is 6.71. The maximum absolute atomic E-state index is 13.1. The number of piperidine rings is 1. The van der Waals surface area contributed by atoms with Crippen LogP contribution in [0.25, 0.3) is 0 Å². The number of carbonyl (C=O) groups is 1. The maximum atomic E-state index is 13.1. The summed E-state index contributed by atoms with van der Waals surface area (Å²) in [6.45, 7) is 0.977. The van der Waals surface area contributed by atoms with Crippen LogP contribution in [0.2, 0.25) is 5.02 Å². The van der Waals surface area contributed by atoms with Crippen LogP contribution in [-0.2, 0) is 32.4 Å². The molecular formula is C24H25ClFN5O3S. The van der Waals surface area contributed by atoms with E-state index < -0.39 is 16.4 Å². The summed E-state index contributed by atoms with van der Waals surface area (Å²) in [5.41, 5.74) is 0.814. The van der Waals surface area contributed by atoms with Crippen LogP contribution >= 0.6 is 11.6 Å². The fourth-order valence-electron chi connectivity index (χ4n) is 4.83. The standard InChI is InChI=1S/C24H25ClFN5O3S/c25-19-3-1-2-4-21(19)35(33,34)30-13-11-17(12-14-30)23-29-28-22-10-9-20(31(22)23)24(32)27-15-16-5-7-18(26)8-6-16/h1-8,17,20H,9-15H2,(H-,27,32,33,34). The second-order valence-corrected chi connectivity index (χ2v) is 11.2. The van der Waals surface area contributed by atoms with Gasteiger partial charge in [0.1, 0.15) is 23.5 Å². The minimum absolute atomic E-state index is 0.000515. The summed E-state index contributed by atoms with van der Waals surface area (Å²) in [6.07, 6.45) is 2.44. The highest BCUT2D eigenvalue weighted by Crippen LogP contribution is 2.37. The van der Waals surface area contributed by atoms with E-state index in [1.54, 1.807) is 30.3 Å². The SMILES string of the molecule is O=C(NCc1ccc(F)cc1)C1CCc2nnc(C3CCN([S+](=O)([O-])c4ccccc4Cl)CC3)n21. The molecule has 2 atom stereocenters.